The van der Waals surface area contributed by atoms with Crippen molar-refractivity contribution in [1.29, 1.82) is 0 Å². The number of para-hydroxylation sites is 1. The fourth-order valence-corrected chi connectivity index (χ4v) is 2.92. The maximum absolute atomic E-state index is 12.6. The summed E-state index contributed by atoms with van der Waals surface area (Å²) in [5, 5.41) is 11.3. The lowest BCUT2D eigenvalue weighted by Crippen LogP contribution is -2.05. The normalized spacial score (nSPS) is 16.7. The first-order chi connectivity index (χ1) is 11.2. The summed E-state index contributed by atoms with van der Waals surface area (Å²) >= 11 is 1.83. The van der Waals surface area contributed by atoms with Gasteiger partial charge in [0, 0.05) is 23.1 Å². The minimum absolute atomic E-state index is 0.139. The summed E-state index contributed by atoms with van der Waals surface area (Å²) in [6, 6.07) is 8.18. The van der Waals surface area contributed by atoms with E-state index in [4.69, 9.17) is 13.9 Å². The predicted octanol–water partition coefficient (Wildman–Crippen LogP) is 3.15. The standard InChI is InChI=1S/C17H14O5S/c1-20-13-4-2-3-11-16(19)15-12(18)5-9(21-7-10-8-23-10)6-14(15)22-17(11)13/h2-6,10,18H,7-8H2,1H3. The van der Waals surface area contributed by atoms with Crippen LogP contribution < -0.4 is 14.9 Å². The highest BCUT2D eigenvalue weighted by atomic mass is 32.2. The highest BCUT2D eigenvalue weighted by Gasteiger charge is 2.23. The zero-order valence-electron chi connectivity index (χ0n) is 12.4. The molecule has 4 rings (SSSR count). The van der Waals surface area contributed by atoms with E-state index in [0.29, 0.717) is 34.3 Å². The van der Waals surface area contributed by atoms with E-state index in [-0.39, 0.29) is 22.1 Å². The zero-order valence-corrected chi connectivity index (χ0v) is 13.2. The molecule has 23 heavy (non-hydrogen) atoms. The predicted molar refractivity (Wildman–Crippen MR) is 89.9 cm³/mol. The fourth-order valence-electron chi connectivity index (χ4n) is 2.53. The SMILES string of the molecule is COc1cccc2c(=O)c3c(O)cc(OCC4CS4)cc3oc12. The second-order valence-corrected chi connectivity index (χ2v) is 6.68. The number of phenolic OH excluding ortho intramolecular Hbond substituents is 1. The Hall–Kier alpha value is -2.34. The smallest absolute Gasteiger partial charge is 0.204 e. The first-order valence-electron chi connectivity index (χ1n) is 7.18. The molecule has 0 spiro atoms. The molecule has 1 aliphatic heterocycles. The van der Waals surface area contributed by atoms with Gasteiger partial charge in [0.25, 0.3) is 0 Å². The Balaban J connectivity index is 1.93. The summed E-state index contributed by atoms with van der Waals surface area (Å²) < 4.78 is 16.7. The van der Waals surface area contributed by atoms with Gasteiger partial charge in [0.15, 0.2) is 11.3 Å². The minimum atomic E-state index is -0.290. The van der Waals surface area contributed by atoms with Crippen molar-refractivity contribution in [1.82, 2.24) is 0 Å². The molecule has 5 nitrogen and oxygen atoms in total. The average Bonchev–Trinajstić information content (AvgIpc) is 3.36. The second kappa shape index (κ2) is 5.38. The van der Waals surface area contributed by atoms with Crippen LogP contribution in [0.1, 0.15) is 0 Å². The van der Waals surface area contributed by atoms with Gasteiger partial charge in [-0.25, -0.2) is 0 Å². The molecule has 1 unspecified atom stereocenters. The van der Waals surface area contributed by atoms with Crippen LogP contribution in [-0.4, -0.2) is 29.8 Å². The number of hydrogen-bond acceptors (Lipinski definition) is 6. The lowest BCUT2D eigenvalue weighted by molar-refractivity contribution is 0.328. The van der Waals surface area contributed by atoms with E-state index in [1.165, 1.54) is 13.2 Å². The van der Waals surface area contributed by atoms with Crippen LogP contribution in [0.15, 0.2) is 39.5 Å². The molecule has 0 aliphatic carbocycles. The molecule has 6 heteroatoms. The van der Waals surface area contributed by atoms with Crippen molar-refractivity contribution >= 4 is 33.7 Å². The minimum Gasteiger partial charge on any atom is -0.507 e. The van der Waals surface area contributed by atoms with Crippen molar-refractivity contribution < 1.29 is 19.0 Å². The van der Waals surface area contributed by atoms with E-state index in [9.17, 15) is 9.90 Å². The van der Waals surface area contributed by atoms with Crippen LogP contribution in [0.25, 0.3) is 21.9 Å². The van der Waals surface area contributed by atoms with E-state index < -0.39 is 0 Å². The fraction of sp³-hybridized carbons (Fsp3) is 0.235. The number of aromatic hydroxyl groups is 1. The van der Waals surface area contributed by atoms with Crippen LogP contribution in [-0.2, 0) is 0 Å². The molecule has 0 radical (unpaired) electrons. The van der Waals surface area contributed by atoms with Crippen LogP contribution in [0.4, 0.5) is 0 Å². The number of ether oxygens (including phenoxy) is 2. The van der Waals surface area contributed by atoms with Crippen LogP contribution in [0, 0.1) is 0 Å². The first kappa shape index (κ1) is 14.3. The summed E-state index contributed by atoms with van der Waals surface area (Å²) in [5.74, 6) is 1.91. The van der Waals surface area contributed by atoms with Gasteiger partial charge >= 0.3 is 0 Å². The summed E-state index contributed by atoms with van der Waals surface area (Å²) in [6.45, 7) is 0.580. The van der Waals surface area contributed by atoms with Crippen LogP contribution >= 0.6 is 11.8 Å². The highest BCUT2D eigenvalue weighted by Crippen LogP contribution is 2.35. The lowest BCUT2D eigenvalue weighted by Gasteiger charge is -2.09. The number of rotatable bonds is 4. The Morgan fingerprint density at radius 2 is 2.22 bits per heavy atom. The average molecular weight is 330 g/mol. The topological polar surface area (TPSA) is 68.9 Å². The number of fused-ring (bicyclic) bond motifs is 2. The quantitative estimate of drug-likeness (QED) is 0.585. The maximum Gasteiger partial charge on any atom is 0.204 e. The summed E-state index contributed by atoms with van der Waals surface area (Å²) in [5.41, 5.74) is 0.356. The van der Waals surface area contributed by atoms with Gasteiger partial charge in [-0.05, 0) is 12.1 Å². The van der Waals surface area contributed by atoms with Gasteiger partial charge in [0.2, 0.25) is 5.43 Å². The number of methoxy groups -OCH3 is 1. The summed E-state index contributed by atoms with van der Waals surface area (Å²) in [4.78, 5) is 12.6. The van der Waals surface area contributed by atoms with E-state index in [0.717, 1.165) is 5.75 Å². The summed E-state index contributed by atoms with van der Waals surface area (Å²) in [7, 11) is 1.52. The highest BCUT2D eigenvalue weighted by molar-refractivity contribution is 8.06. The molecule has 1 fully saturated rings. The van der Waals surface area contributed by atoms with E-state index in [2.05, 4.69) is 0 Å². The van der Waals surface area contributed by atoms with Crippen LogP contribution in [0.5, 0.6) is 17.2 Å². The third-order valence-electron chi connectivity index (χ3n) is 3.78. The summed E-state index contributed by atoms with van der Waals surface area (Å²) in [6.07, 6.45) is 0. The first-order valence-corrected chi connectivity index (χ1v) is 8.23. The second-order valence-electron chi connectivity index (χ2n) is 5.35. The van der Waals surface area contributed by atoms with E-state index in [1.54, 1.807) is 24.3 Å². The van der Waals surface area contributed by atoms with Gasteiger partial charge in [-0.3, -0.25) is 4.79 Å². The zero-order chi connectivity index (χ0) is 16.0. The molecule has 2 aromatic carbocycles. The molecule has 1 N–H and O–H groups in total. The molecule has 0 bridgehead atoms. The number of thioether (sulfide) groups is 1. The molecule has 1 aromatic heterocycles. The molecule has 3 aromatic rings. The van der Waals surface area contributed by atoms with Crippen molar-refractivity contribution in [2.45, 2.75) is 5.25 Å². The third-order valence-corrected chi connectivity index (χ3v) is 4.72. The largest absolute Gasteiger partial charge is 0.507 e. The molecule has 1 atom stereocenters. The van der Waals surface area contributed by atoms with Crippen molar-refractivity contribution in [3.05, 3.63) is 40.6 Å². The van der Waals surface area contributed by atoms with Crippen molar-refractivity contribution in [2.75, 3.05) is 19.5 Å². The maximum atomic E-state index is 12.6. The Bertz CT molecular complexity index is 958. The Morgan fingerprint density at radius 3 is 2.96 bits per heavy atom. The Labute approximate surface area is 135 Å². The van der Waals surface area contributed by atoms with Gasteiger partial charge in [-0.1, -0.05) is 6.07 Å². The van der Waals surface area contributed by atoms with E-state index >= 15 is 0 Å². The van der Waals surface area contributed by atoms with Crippen molar-refractivity contribution in [2.24, 2.45) is 0 Å². The molecular formula is C17H14O5S. The van der Waals surface area contributed by atoms with Gasteiger partial charge < -0.3 is 19.0 Å². The van der Waals surface area contributed by atoms with E-state index in [1.807, 2.05) is 11.8 Å². The molecule has 1 saturated heterocycles. The number of hydrogen-bond donors (Lipinski definition) is 1. The Morgan fingerprint density at radius 1 is 1.39 bits per heavy atom. The van der Waals surface area contributed by atoms with Gasteiger partial charge in [0.1, 0.15) is 29.1 Å². The number of phenols is 1. The van der Waals surface area contributed by atoms with Gasteiger partial charge in [-0.2, -0.15) is 11.8 Å². The molecular weight excluding hydrogens is 316 g/mol. The monoisotopic (exact) mass is 330 g/mol. The molecule has 2 heterocycles. The van der Waals surface area contributed by atoms with Crippen molar-refractivity contribution in [3.63, 3.8) is 0 Å². The molecule has 0 saturated carbocycles. The Kier molecular flexibility index (Phi) is 3.34. The van der Waals surface area contributed by atoms with Crippen LogP contribution in [0.2, 0.25) is 0 Å². The number of benzene rings is 2. The lowest BCUT2D eigenvalue weighted by atomic mass is 10.1. The van der Waals surface area contributed by atoms with Gasteiger partial charge in [0.05, 0.1) is 12.5 Å². The molecule has 118 valence electrons. The van der Waals surface area contributed by atoms with Gasteiger partial charge in [-0.15, -0.1) is 0 Å². The van der Waals surface area contributed by atoms with Crippen LogP contribution in [0.3, 0.4) is 0 Å². The molecule has 0 amide bonds. The van der Waals surface area contributed by atoms with Crippen molar-refractivity contribution in [3.8, 4) is 17.2 Å². The third kappa shape index (κ3) is 2.49. The molecule has 1 aliphatic rings.